The van der Waals surface area contributed by atoms with Crippen LogP contribution in [0.15, 0.2) is 29.2 Å². The van der Waals surface area contributed by atoms with Gasteiger partial charge in [-0.1, -0.05) is 17.7 Å². The molecule has 0 spiro atoms. The lowest BCUT2D eigenvalue weighted by molar-refractivity contribution is -0.0315. The monoisotopic (exact) mass is 301 g/mol. The molecule has 0 saturated heterocycles. The third-order valence-corrected chi connectivity index (χ3v) is 4.09. The normalized spacial score (nSPS) is 21.5. The van der Waals surface area contributed by atoms with E-state index in [1.54, 1.807) is 0 Å². The van der Waals surface area contributed by atoms with E-state index in [9.17, 15) is 18.0 Å². The molecule has 2 nitrogen and oxygen atoms in total. The number of halogens is 4. The maximum absolute atomic E-state index is 14.0. The van der Waals surface area contributed by atoms with Gasteiger partial charge in [0.1, 0.15) is 6.04 Å². The van der Waals surface area contributed by atoms with E-state index in [1.165, 1.54) is 24.4 Å². The molecule has 0 radical (unpaired) electrons. The zero-order valence-electron chi connectivity index (χ0n) is 10.4. The average Bonchev–Trinajstić information content (AvgIpc) is 2.74. The molecule has 2 aromatic rings. The number of alkyl halides is 2. The van der Waals surface area contributed by atoms with E-state index in [-0.39, 0.29) is 23.3 Å². The third kappa shape index (κ3) is 1.92. The van der Waals surface area contributed by atoms with Crippen LogP contribution in [0.4, 0.5) is 13.2 Å². The molecular formula is C14H11ClF3NO. The van der Waals surface area contributed by atoms with Crippen molar-refractivity contribution in [3.05, 3.63) is 45.6 Å². The van der Waals surface area contributed by atoms with Crippen molar-refractivity contribution in [1.29, 1.82) is 0 Å². The molecule has 1 saturated carbocycles. The smallest absolute Gasteiger partial charge is 0.268 e. The average molecular weight is 302 g/mol. The van der Waals surface area contributed by atoms with Crippen LogP contribution in [0.3, 0.4) is 0 Å². The first kappa shape index (κ1) is 13.5. The van der Waals surface area contributed by atoms with Crippen LogP contribution < -0.4 is 5.56 Å². The summed E-state index contributed by atoms with van der Waals surface area (Å²) < 4.78 is 42.5. The standard InChI is InChI=1S/C14H11ClF3NO/c15-9-4-3-8-5-7-19(13(20)11(8)12(9)16)10-2-1-6-14(10,17)18/h3-5,7,10H,1-2,6H2. The molecule has 6 heteroatoms. The van der Waals surface area contributed by atoms with E-state index in [2.05, 4.69) is 0 Å². The summed E-state index contributed by atoms with van der Waals surface area (Å²) in [5.41, 5.74) is -0.755. The van der Waals surface area contributed by atoms with E-state index in [0.717, 1.165) is 4.57 Å². The summed E-state index contributed by atoms with van der Waals surface area (Å²) in [7, 11) is 0. The highest BCUT2D eigenvalue weighted by molar-refractivity contribution is 6.31. The van der Waals surface area contributed by atoms with Gasteiger partial charge < -0.3 is 4.57 Å². The number of benzene rings is 1. The van der Waals surface area contributed by atoms with Crippen molar-refractivity contribution in [2.24, 2.45) is 0 Å². The number of rotatable bonds is 1. The second-order valence-corrected chi connectivity index (χ2v) is 5.43. The van der Waals surface area contributed by atoms with Crippen molar-refractivity contribution in [2.45, 2.75) is 31.2 Å². The highest BCUT2D eigenvalue weighted by atomic mass is 35.5. The summed E-state index contributed by atoms with van der Waals surface area (Å²) in [5.74, 6) is -3.79. The van der Waals surface area contributed by atoms with Crippen LogP contribution in [0.25, 0.3) is 10.8 Å². The van der Waals surface area contributed by atoms with Gasteiger partial charge in [0.05, 0.1) is 10.4 Å². The van der Waals surface area contributed by atoms with Crippen molar-refractivity contribution in [3.8, 4) is 0 Å². The summed E-state index contributed by atoms with van der Waals surface area (Å²) in [5, 5.41) is -0.0669. The highest BCUT2D eigenvalue weighted by Crippen LogP contribution is 2.43. The van der Waals surface area contributed by atoms with Crippen LogP contribution >= 0.6 is 11.6 Å². The zero-order valence-corrected chi connectivity index (χ0v) is 11.1. The molecule has 106 valence electrons. The molecule has 0 N–H and O–H groups in total. The Hall–Kier alpha value is -1.49. The SMILES string of the molecule is O=c1c2c(F)c(Cl)ccc2ccn1C1CCCC1(F)F. The molecule has 0 amide bonds. The fourth-order valence-corrected chi connectivity index (χ4v) is 2.93. The first-order chi connectivity index (χ1) is 9.42. The van der Waals surface area contributed by atoms with E-state index < -0.39 is 23.3 Å². The quantitative estimate of drug-likeness (QED) is 0.775. The van der Waals surface area contributed by atoms with Gasteiger partial charge in [-0.2, -0.15) is 0 Å². The lowest BCUT2D eigenvalue weighted by atomic mass is 10.1. The van der Waals surface area contributed by atoms with Gasteiger partial charge in [-0.15, -0.1) is 0 Å². The van der Waals surface area contributed by atoms with Gasteiger partial charge in [0.15, 0.2) is 5.82 Å². The minimum absolute atomic E-state index is 0.189. The lowest BCUT2D eigenvalue weighted by Gasteiger charge is -2.21. The van der Waals surface area contributed by atoms with Crippen LogP contribution in [0.5, 0.6) is 0 Å². The summed E-state index contributed by atoms with van der Waals surface area (Å²) in [6.07, 6.45) is 1.61. The first-order valence-corrected chi connectivity index (χ1v) is 6.66. The fourth-order valence-electron chi connectivity index (χ4n) is 2.78. The molecule has 0 aliphatic heterocycles. The van der Waals surface area contributed by atoms with Crippen LogP contribution in [-0.2, 0) is 0 Å². The minimum Gasteiger partial charge on any atom is -0.306 e. The predicted molar refractivity (Wildman–Crippen MR) is 71.0 cm³/mol. The Bertz CT molecular complexity index is 741. The topological polar surface area (TPSA) is 22.0 Å². The molecule has 1 fully saturated rings. The number of hydrogen-bond acceptors (Lipinski definition) is 1. The Morgan fingerprint density at radius 3 is 2.70 bits per heavy atom. The van der Waals surface area contributed by atoms with E-state index in [0.29, 0.717) is 11.8 Å². The van der Waals surface area contributed by atoms with E-state index in [1.807, 2.05) is 0 Å². The summed E-state index contributed by atoms with van der Waals surface area (Å²) in [6.45, 7) is 0. The number of hydrogen-bond donors (Lipinski definition) is 0. The van der Waals surface area contributed by atoms with Crippen molar-refractivity contribution in [2.75, 3.05) is 0 Å². The maximum atomic E-state index is 14.0. The number of aromatic nitrogens is 1. The number of pyridine rings is 1. The van der Waals surface area contributed by atoms with Crippen LogP contribution in [0, 0.1) is 5.82 Å². The van der Waals surface area contributed by atoms with Crippen molar-refractivity contribution in [1.82, 2.24) is 4.57 Å². The molecule has 1 heterocycles. The van der Waals surface area contributed by atoms with Gasteiger partial charge in [-0.05, 0) is 30.4 Å². The van der Waals surface area contributed by atoms with Crippen LogP contribution in [0.1, 0.15) is 25.3 Å². The molecule has 1 aromatic carbocycles. The summed E-state index contributed by atoms with van der Waals surface area (Å²) in [6, 6.07) is 3.09. The fraction of sp³-hybridized carbons (Fsp3) is 0.357. The maximum Gasteiger partial charge on any atom is 0.268 e. The Morgan fingerprint density at radius 1 is 1.30 bits per heavy atom. The summed E-state index contributed by atoms with van der Waals surface area (Å²) >= 11 is 5.66. The molecule has 1 atom stereocenters. The number of fused-ring (bicyclic) bond motifs is 1. The van der Waals surface area contributed by atoms with Gasteiger partial charge in [-0.3, -0.25) is 4.79 Å². The Balaban J connectivity index is 2.27. The molecular weight excluding hydrogens is 291 g/mol. The van der Waals surface area contributed by atoms with Gasteiger partial charge >= 0.3 is 0 Å². The van der Waals surface area contributed by atoms with Gasteiger partial charge in [0.25, 0.3) is 11.5 Å². The van der Waals surface area contributed by atoms with Gasteiger partial charge in [0, 0.05) is 12.6 Å². The zero-order chi connectivity index (χ0) is 14.5. The predicted octanol–water partition coefficient (Wildman–Crippen LogP) is 4.15. The lowest BCUT2D eigenvalue weighted by Crippen LogP contribution is -2.33. The Labute approximate surface area is 117 Å². The molecule has 1 unspecified atom stereocenters. The highest BCUT2D eigenvalue weighted by Gasteiger charge is 2.45. The summed E-state index contributed by atoms with van der Waals surface area (Å²) in [4.78, 5) is 12.3. The minimum atomic E-state index is -2.94. The molecule has 1 aliphatic rings. The van der Waals surface area contributed by atoms with Crippen LogP contribution in [0.2, 0.25) is 5.02 Å². The molecule has 0 bridgehead atoms. The Kier molecular flexibility index (Phi) is 3.05. The van der Waals surface area contributed by atoms with Gasteiger partial charge in [0.2, 0.25) is 0 Å². The third-order valence-electron chi connectivity index (χ3n) is 3.80. The van der Waals surface area contributed by atoms with E-state index in [4.69, 9.17) is 11.6 Å². The molecule has 1 aliphatic carbocycles. The second kappa shape index (κ2) is 4.52. The molecule has 20 heavy (non-hydrogen) atoms. The van der Waals surface area contributed by atoms with E-state index >= 15 is 0 Å². The second-order valence-electron chi connectivity index (χ2n) is 5.02. The van der Waals surface area contributed by atoms with Crippen molar-refractivity contribution in [3.63, 3.8) is 0 Å². The molecule has 1 aromatic heterocycles. The number of nitrogens with zero attached hydrogens (tertiary/aromatic N) is 1. The molecule has 3 rings (SSSR count). The van der Waals surface area contributed by atoms with Gasteiger partial charge in [-0.25, -0.2) is 13.2 Å². The van der Waals surface area contributed by atoms with Crippen LogP contribution in [-0.4, -0.2) is 10.5 Å². The first-order valence-electron chi connectivity index (χ1n) is 6.28. The largest absolute Gasteiger partial charge is 0.306 e. The Morgan fingerprint density at radius 2 is 2.05 bits per heavy atom. The van der Waals surface area contributed by atoms with Crippen molar-refractivity contribution < 1.29 is 13.2 Å². The van der Waals surface area contributed by atoms with Crippen molar-refractivity contribution >= 4 is 22.4 Å².